The van der Waals surface area contributed by atoms with E-state index in [1.165, 1.54) is 0 Å². The SMILES string of the molecule is Cn1nccc1CCC(=O)NC(CC(=O)O)c1ccc(C(C)(C)C)cc1. The molecule has 6 heteroatoms. The highest BCUT2D eigenvalue weighted by molar-refractivity contribution is 5.78. The van der Waals surface area contributed by atoms with Crippen molar-refractivity contribution >= 4 is 11.9 Å². The Morgan fingerprint density at radius 2 is 1.85 bits per heavy atom. The maximum Gasteiger partial charge on any atom is 0.305 e. The molecular formula is C20H27N3O3. The van der Waals surface area contributed by atoms with Crippen molar-refractivity contribution in [1.82, 2.24) is 15.1 Å². The Hall–Kier alpha value is -2.63. The Morgan fingerprint density at radius 3 is 2.35 bits per heavy atom. The molecule has 0 aliphatic carbocycles. The molecule has 0 aliphatic rings. The molecule has 1 unspecified atom stereocenters. The van der Waals surface area contributed by atoms with E-state index in [1.54, 1.807) is 10.9 Å². The highest BCUT2D eigenvalue weighted by atomic mass is 16.4. The minimum absolute atomic E-state index is 0.0210. The monoisotopic (exact) mass is 357 g/mol. The van der Waals surface area contributed by atoms with E-state index in [1.807, 2.05) is 37.4 Å². The number of aryl methyl sites for hydroxylation is 2. The fraction of sp³-hybridized carbons (Fsp3) is 0.450. The van der Waals surface area contributed by atoms with Crippen molar-refractivity contribution in [2.24, 2.45) is 7.05 Å². The van der Waals surface area contributed by atoms with Gasteiger partial charge in [0.05, 0.1) is 12.5 Å². The summed E-state index contributed by atoms with van der Waals surface area (Å²) in [6.07, 6.45) is 2.39. The Bertz CT molecular complexity index is 757. The molecule has 0 fully saturated rings. The van der Waals surface area contributed by atoms with E-state index < -0.39 is 12.0 Å². The number of carboxylic acids is 1. The number of hydrogen-bond donors (Lipinski definition) is 2. The van der Waals surface area contributed by atoms with Crippen LogP contribution in [0, 0.1) is 0 Å². The van der Waals surface area contributed by atoms with Crippen LogP contribution in [0.5, 0.6) is 0 Å². The topological polar surface area (TPSA) is 84.2 Å². The van der Waals surface area contributed by atoms with Gasteiger partial charge in [-0.1, -0.05) is 45.0 Å². The van der Waals surface area contributed by atoms with Crippen molar-refractivity contribution in [1.29, 1.82) is 0 Å². The molecule has 0 saturated heterocycles. The van der Waals surface area contributed by atoms with E-state index in [9.17, 15) is 14.7 Å². The van der Waals surface area contributed by atoms with Crippen LogP contribution in [0.25, 0.3) is 0 Å². The molecule has 1 amide bonds. The lowest BCUT2D eigenvalue weighted by Crippen LogP contribution is -2.30. The first-order chi connectivity index (χ1) is 12.2. The summed E-state index contributed by atoms with van der Waals surface area (Å²) in [7, 11) is 1.83. The second-order valence-electron chi connectivity index (χ2n) is 7.54. The fourth-order valence-corrected chi connectivity index (χ4v) is 2.80. The summed E-state index contributed by atoms with van der Waals surface area (Å²) in [6, 6.07) is 9.11. The quantitative estimate of drug-likeness (QED) is 0.798. The molecule has 0 radical (unpaired) electrons. The van der Waals surface area contributed by atoms with Crippen molar-refractivity contribution in [2.45, 2.75) is 51.5 Å². The predicted octanol–water partition coefficient (Wildman–Crippen LogP) is 2.98. The second kappa shape index (κ2) is 8.17. The molecule has 1 aromatic heterocycles. The molecule has 2 N–H and O–H groups in total. The number of carbonyl (C=O) groups is 2. The van der Waals surface area contributed by atoms with Gasteiger partial charge in [-0.2, -0.15) is 5.10 Å². The molecule has 0 aliphatic heterocycles. The molecule has 26 heavy (non-hydrogen) atoms. The molecule has 1 heterocycles. The third-order valence-electron chi connectivity index (χ3n) is 4.42. The number of nitrogens with zero attached hydrogens (tertiary/aromatic N) is 2. The molecular weight excluding hydrogens is 330 g/mol. The van der Waals surface area contributed by atoms with Crippen LogP contribution in [0.3, 0.4) is 0 Å². The van der Waals surface area contributed by atoms with Crippen LogP contribution in [0.1, 0.15) is 56.5 Å². The number of aromatic nitrogens is 2. The van der Waals surface area contributed by atoms with E-state index in [0.717, 1.165) is 16.8 Å². The molecule has 0 saturated carbocycles. The van der Waals surface area contributed by atoms with Crippen LogP contribution in [-0.4, -0.2) is 26.8 Å². The average Bonchev–Trinajstić information content (AvgIpc) is 2.96. The van der Waals surface area contributed by atoms with Gasteiger partial charge in [0, 0.05) is 25.4 Å². The molecule has 0 spiro atoms. The van der Waals surface area contributed by atoms with E-state index in [4.69, 9.17) is 0 Å². The maximum atomic E-state index is 12.3. The predicted molar refractivity (Wildman–Crippen MR) is 99.8 cm³/mol. The largest absolute Gasteiger partial charge is 0.481 e. The van der Waals surface area contributed by atoms with Gasteiger partial charge in [0.2, 0.25) is 5.91 Å². The molecule has 2 rings (SSSR count). The van der Waals surface area contributed by atoms with Crippen molar-refractivity contribution in [3.63, 3.8) is 0 Å². The fourth-order valence-electron chi connectivity index (χ4n) is 2.80. The molecule has 2 aromatic rings. The van der Waals surface area contributed by atoms with Gasteiger partial charge in [0.1, 0.15) is 0 Å². The van der Waals surface area contributed by atoms with Gasteiger partial charge in [-0.3, -0.25) is 14.3 Å². The number of nitrogens with one attached hydrogen (secondary N) is 1. The zero-order chi connectivity index (χ0) is 19.3. The minimum atomic E-state index is -0.943. The summed E-state index contributed by atoms with van der Waals surface area (Å²) in [5.41, 5.74) is 2.95. The van der Waals surface area contributed by atoms with Gasteiger partial charge in [0.15, 0.2) is 0 Å². The Kier molecular flexibility index (Phi) is 6.18. The van der Waals surface area contributed by atoms with Crippen molar-refractivity contribution < 1.29 is 14.7 Å². The number of aliphatic carboxylic acids is 1. The molecule has 1 aromatic carbocycles. The molecule has 140 valence electrons. The van der Waals surface area contributed by atoms with Crippen LogP contribution in [0.2, 0.25) is 0 Å². The summed E-state index contributed by atoms with van der Waals surface area (Å²) in [4.78, 5) is 23.5. The maximum absolute atomic E-state index is 12.3. The van der Waals surface area contributed by atoms with Crippen LogP contribution in [0.15, 0.2) is 36.5 Å². The smallest absolute Gasteiger partial charge is 0.305 e. The lowest BCUT2D eigenvalue weighted by atomic mass is 9.86. The highest BCUT2D eigenvalue weighted by Gasteiger charge is 2.20. The molecule has 6 nitrogen and oxygen atoms in total. The number of benzene rings is 1. The second-order valence-corrected chi connectivity index (χ2v) is 7.54. The number of carboxylic acid groups (broad SMARTS) is 1. The third kappa shape index (κ3) is 5.44. The normalized spacial score (nSPS) is 12.6. The van der Waals surface area contributed by atoms with Crippen molar-refractivity contribution in [2.75, 3.05) is 0 Å². The summed E-state index contributed by atoms with van der Waals surface area (Å²) < 4.78 is 1.73. The van der Waals surface area contributed by atoms with E-state index in [0.29, 0.717) is 6.42 Å². The van der Waals surface area contributed by atoms with E-state index >= 15 is 0 Å². The lowest BCUT2D eigenvalue weighted by Gasteiger charge is -2.22. The summed E-state index contributed by atoms with van der Waals surface area (Å²) >= 11 is 0. The highest BCUT2D eigenvalue weighted by Crippen LogP contribution is 2.25. The standard InChI is InChI=1S/C20H27N3O3/c1-20(2,3)15-7-5-14(6-8-15)17(13-19(25)26)22-18(24)10-9-16-11-12-21-23(16)4/h5-8,11-12,17H,9-10,13H2,1-4H3,(H,22,24)(H,25,26). The van der Waals surface area contributed by atoms with Gasteiger partial charge in [-0.15, -0.1) is 0 Å². The average molecular weight is 357 g/mol. The Labute approximate surface area is 154 Å². The van der Waals surface area contributed by atoms with Crippen LogP contribution >= 0.6 is 0 Å². The van der Waals surface area contributed by atoms with Gasteiger partial charge in [-0.05, 0) is 29.0 Å². The Morgan fingerprint density at radius 1 is 1.19 bits per heavy atom. The molecule has 0 bridgehead atoms. The third-order valence-corrected chi connectivity index (χ3v) is 4.42. The van der Waals surface area contributed by atoms with Crippen LogP contribution in [0.4, 0.5) is 0 Å². The first kappa shape index (κ1) is 19.7. The summed E-state index contributed by atoms with van der Waals surface area (Å²) in [5.74, 6) is -1.11. The number of amides is 1. The zero-order valence-corrected chi connectivity index (χ0v) is 15.8. The number of hydrogen-bond acceptors (Lipinski definition) is 3. The van der Waals surface area contributed by atoms with E-state index in [-0.39, 0.29) is 24.2 Å². The number of carbonyl (C=O) groups excluding carboxylic acids is 1. The minimum Gasteiger partial charge on any atom is -0.481 e. The Balaban J connectivity index is 2.05. The van der Waals surface area contributed by atoms with Gasteiger partial charge < -0.3 is 10.4 Å². The van der Waals surface area contributed by atoms with Crippen molar-refractivity contribution in [3.05, 3.63) is 53.3 Å². The van der Waals surface area contributed by atoms with Gasteiger partial charge in [0.25, 0.3) is 0 Å². The van der Waals surface area contributed by atoms with Gasteiger partial charge in [-0.25, -0.2) is 0 Å². The molecule has 1 atom stereocenters. The number of rotatable bonds is 7. The van der Waals surface area contributed by atoms with Crippen LogP contribution in [-0.2, 0) is 28.5 Å². The summed E-state index contributed by atoms with van der Waals surface area (Å²) in [5, 5.41) is 16.1. The first-order valence-electron chi connectivity index (χ1n) is 8.75. The van der Waals surface area contributed by atoms with Crippen LogP contribution < -0.4 is 5.32 Å². The zero-order valence-electron chi connectivity index (χ0n) is 15.8. The first-order valence-corrected chi connectivity index (χ1v) is 8.75. The van der Waals surface area contributed by atoms with E-state index in [2.05, 4.69) is 31.2 Å². The lowest BCUT2D eigenvalue weighted by molar-refractivity contribution is -0.137. The van der Waals surface area contributed by atoms with Gasteiger partial charge >= 0.3 is 5.97 Å². The summed E-state index contributed by atoms with van der Waals surface area (Å²) in [6.45, 7) is 6.37. The van der Waals surface area contributed by atoms with Crippen molar-refractivity contribution in [3.8, 4) is 0 Å².